The number of amides is 1. The van der Waals surface area contributed by atoms with Crippen LogP contribution in [0.2, 0.25) is 0 Å². The zero-order chi connectivity index (χ0) is 14.8. The molecule has 0 radical (unpaired) electrons. The number of aromatic nitrogens is 3. The minimum Gasteiger partial charge on any atom is -0.454 e. The first kappa shape index (κ1) is 13.6. The smallest absolute Gasteiger partial charge is 0.237 e. The maximum Gasteiger partial charge on any atom is 0.237 e. The molecule has 2 aromatic rings. The SMILES string of the molecule is C[C@H](Sc1nncn1N)C(=O)Nc1ccc2c(c1)OCO2. The second-order valence-corrected chi connectivity index (χ2v) is 5.65. The molecule has 1 atom stereocenters. The fourth-order valence-electron chi connectivity index (χ4n) is 1.75. The van der Waals surface area contributed by atoms with Crippen molar-refractivity contribution in [3.8, 4) is 11.5 Å². The van der Waals surface area contributed by atoms with Crippen molar-refractivity contribution in [3.63, 3.8) is 0 Å². The van der Waals surface area contributed by atoms with Crippen LogP contribution in [0.1, 0.15) is 6.92 Å². The molecule has 0 bridgehead atoms. The monoisotopic (exact) mass is 307 g/mol. The van der Waals surface area contributed by atoms with Crippen LogP contribution < -0.4 is 20.6 Å². The van der Waals surface area contributed by atoms with Gasteiger partial charge in [-0.15, -0.1) is 10.2 Å². The fraction of sp³-hybridized carbons (Fsp3) is 0.250. The first-order valence-corrected chi connectivity index (χ1v) is 7.04. The van der Waals surface area contributed by atoms with Gasteiger partial charge in [0.1, 0.15) is 6.33 Å². The summed E-state index contributed by atoms with van der Waals surface area (Å²) in [5, 5.41) is 10.4. The topological polar surface area (TPSA) is 104 Å². The zero-order valence-corrected chi connectivity index (χ0v) is 12.0. The van der Waals surface area contributed by atoms with Gasteiger partial charge >= 0.3 is 0 Å². The van der Waals surface area contributed by atoms with E-state index < -0.39 is 0 Å². The van der Waals surface area contributed by atoms with E-state index in [9.17, 15) is 4.79 Å². The summed E-state index contributed by atoms with van der Waals surface area (Å²) >= 11 is 1.23. The van der Waals surface area contributed by atoms with Crippen LogP contribution in [0.3, 0.4) is 0 Å². The van der Waals surface area contributed by atoms with Gasteiger partial charge in [0.05, 0.1) is 5.25 Å². The molecule has 0 saturated carbocycles. The normalized spacial score (nSPS) is 14.0. The number of hydrogen-bond acceptors (Lipinski definition) is 7. The van der Waals surface area contributed by atoms with E-state index in [0.717, 1.165) is 0 Å². The number of rotatable bonds is 4. The highest BCUT2D eigenvalue weighted by molar-refractivity contribution is 8.00. The molecule has 1 aromatic heterocycles. The summed E-state index contributed by atoms with van der Waals surface area (Å²) in [7, 11) is 0. The number of ether oxygens (including phenoxy) is 2. The molecule has 1 aliphatic heterocycles. The first-order chi connectivity index (χ1) is 10.1. The predicted octanol–water partition coefficient (Wildman–Crippen LogP) is 0.840. The summed E-state index contributed by atoms with van der Waals surface area (Å²) in [6, 6.07) is 5.24. The molecule has 0 aliphatic carbocycles. The van der Waals surface area contributed by atoms with Crippen LogP contribution in [0, 0.1) is 0 Å². The number of nitrogen functional groups attached to an aromatic ring is 1. The van der Waals surface area contributed by atoms with Gasteiger partial charge in [-0.2, -0.15) is 0 Å². The molecule has 0 spiro atoms. The first-order valence-electron chi connectivity index (χ1n) is 6.16. The maximum absolute atomic E-state index is 12.1. The van der Waals surface area contributed by atoms with Crippen molar-refractivity contribution in [2.75, 3.05) is 18.0 Å². The molecule has 3 N–H and O–H groups in total. The second-order valence-electron chi connectivity index (χ2n) is 4.34. The third-order valence-electron chi connectivity index (χ3n) is 2.83. The average molecular weight is 307 g/mol. The van der Waals surface area contributed by atoms with Gasteiger partial charge in [-0.3, -0.25) is 4.79 Å². The van der Waals surface area contributed by atoms with E-state index in [2.05, 4.69) is 15.5 Å². The maximum atomic E-state index is 12.1. The van der Waals surface area contributed by atoms with Crippen LogP contribution in [0.5, 0.6) is 11.5 Å². The Morgan fingerprint density at radius 1 is 1.48 bits per heavy atom. The minimum absolute atomic E-state index is 0.165. The molecule has 0 unspecified atom stereocenters. The van der Waals surface area contributed by atoms with Gasteiger partial charge in [0.2, 0.25) is 17.9 Å². The van der Waals surface area contributed by atoms with E-state index in [4.69, 9.17) is 15.3 Å². The Hall–Kier alpha value is -2.42. The summed E-state index contributed by atoms with van der Waals surface area (Å²) < 4.78 is 11.8. The molecule has 110 valence electrons. The molecule has 2 heterocycles. The number of thioether (sulfide) groups is 1. The summed E-state index contributed by atoms with van der Waals surface area (Å²) in [5.74, 6) is 6.74. The summed E-state index contributed by atoms with van der Waals surface area (Å²) in [5.41, 5.74) is 0.644. The van der Waals surface area contributed by atoms with Gasteiger partial charge in [-0.1, -0.05) is 11.8 Å². The van der Waals surface area contributed by atoms with Crippen molar-refractivity contribution in [2.24, 2.45) is 0 Å². The van der Waals surface area contributed by atoms with Gasteiger partial charge in [0.15, 0.2) is 11.5 Å². The number of fused-ring (bicyclic) bond motifs is 1. The Bertz CT molecular complexity index is 675. The van der Waals surface area contributed by atoms with Crippen LogP contribution in [-0.4, -0.2) is 32.8 Å². The zero-order valence-electron chi connectivity index (χ0n) is 11.1. The van der Waals surface area contributed by atoms with Crippen LogP contribution >= 0.6 is 11.8 Å². The van der Waals surface area contributed by atoms with Crippen molar-refractivity contribution < 1.29 is 14.3 Å². The minimum atomic E-state index is -0.373. The van der Waals surface area contributed by atoms with E-state index in [0.29, 0.717) is 22.3 Å². The molecule has 1 amide bonds. The highest BCUT2D eigenvalue weighted by Gasteiger charge is 2.19. The number of nitrogens with zero attached hydrogens (tertiary/aromatic N) is 3. The molecular formula is C12H13N5O3S. The van der Waals surface area contributed by atoms with Crippen LogP contribution in [0.25, 0.3) is 0 Å². The third kappa shape index (κ3) is 2.87. The lowest BCUT2D eigenvalue weighted by Crippen LogP contribution is -2.23. The van der Waals surface area contributed by atoms with Crippen molar-refractivity contribution in [1.82, 2.24) is 14.9 Å². The van der Waals surface area contributed by atoms with Gasteiger partial charge in [-0.05, 0) is 19.1 Å². The molecule has 3 rings (SSSR count). The summed E-state index contributed by atoms with van der Waals surface area (Å²) in [4.78, 5) is 12.1. The number of benzene rings is 1. The molecule has 0 saturated heterocycles. The van der Waals surface area contributed by atoms with Gasteiger partial charge in [0, 0.05) is 11.8 Å². The lowest BCUT2D eigenvalue weighted by molar-refractivity contribution is -0.115. The molecule has 1 aromatic carbocycles. The quantitative estimate of drug-likeness (QED) is 0.637. The molecular weight excluding hydrogens is 294 g/mol. The third-order valence-corrected chi connectivity index (χ3v) is 3.90. The van der Waals surface area contributed by atoms with Crippen LogP contribution in [-0.2, 0) is 4.79 Å². The van der Waals surface area contributed by atoms with E-state index in [-0.39, 0.29) is 18.0 Å². The summed E-state index contributed by atoms with van der Waals surface area (Å²) in [6.07, 6.45) is 1.38. The molecule has 9 heteroatoms. The van der Waals surface area contributed by atoms with Crippen molar-refractivity contribution in [1.29, 1.82) is 0 Å². The molecule has 21 heavy (non-hydrogen) atoms. The van der Waals surface area contributed by atoms with Crippen LogP contribution in [0.4, 0.5) is 5.69 Å². The van der Waals surface area contributed by atoms with Crippen molar-refractivity contribution >= 4 is 23.4 Å². The Kier molecular flexibility index (Phi) is 3.57. The van der Waals surface area contributed by atoms with Gasteiger partial charge in [0.25, 0.3) is 0 Å². The largest absolute Gasteiger partial charge is 0.454 e. The van der Waals surface area contributed by atoms with Gasteiger partial charge < -0.3 is 20.6 Å². The molecule has 0 fully saturated rings. The number of anilines is 1. The Balaban J connectivity index is 1.64. The van der Waals surface area contributed by atoms with E-state index in [1.807, 2.05) is 0 Å². The number of hydrogen-bond donors (Lipinski definition) is 2. The Morgan fingerprint density at radius 2 is 2.29 bits per heavy atom. The predicted molar refractivity (Wildman–Crippen MR) is 76.7 cm³/mol. The lowest BCUT2D eigenvalue weighted by Gasteiger charge is -2.11. The second kappa shape index (κ2) is 5.52. The van der Waals surface area contributed by atoms with E-state index >= 15 is 0 Å². The summed E-state index contributed by atoms with van der Waals surface area (Å²) in [6.45, 7) is 1.97. The van der Waals surface area contributed by atoms with Crippen molar-refractivity contribution in [3.05, 3.63) is 24.5 Å². The number of nitrogens with one attached hydrogen (secondary N) is 1. The molecule has 8 nitrogen and oxygen atoms in total. The van der Waals surface area contributed by atoms with E-state index in [1.54, 1.807) is 25.1 Å². The Labute approximate surface area is 124 Å². The highest BCUT2D eigenvalue weighted by atomic mass is 32.2. The van der Waals surface area contributed by atoms with Crippen molar-refractivity contribution in [2.45, 2.75) is 17.3 Å². The average Bonchev–Trinajstić information content (AvgIpc) is 3.07. The number of carbonyl (C=O) groups is 1. The highest BCUT2D eigenvalue weighted by Crippen LogP contribution is 2.34. The van der Waals surface area contributed by atoms with Crippen LogP contribution in [0.15, 0.2) is 29.7 Å². The lowest BCUT2D eigenvalue weighted by atomic mass is 10.2. The molecule has 1 aliphatic rings. The Morgan fingerprint density at radius 3 is 3.05 bits per heavy atom. The fourth-order valence-corrected chi connectivity index (χ4v) is 2.49. The standard InChI is InChI=1S/C12H13N5O3S/c1-7(21-12-16-14-5-17(12)13)11(18)15-8-2-3-9-10(4-8)20-6-19-9/h2-5,7H,6,13H2,1H3,(H,15,18)/t7-/m0/s1. The van der Waals surface area contributed by atoms with E-state index in [1.165, 1.54) is 22.8 Å². The number of carbonyl (C=O) groups excluding carboxylic acids is 1. The van der Waals surface area contributed by atoms with Gasteiger partial charge in [-0.25, -0.2) is 4.68 Å². The number of nitrogens with two attached hydrogens (primary N) is 1.